The summed E-state index contributed by atoms with van der Waals surface area (Å²) in [7, 11) is -13.6. The Hall–Kier alpha value is -1.63. The van der Waals surface area contributed by atoms with Crippen LogP contribution in [0.4, 0.5) is 30.2 Å². The Balaban J connectivity index is 3.44. The lowest BCUT2D eigenvalue weighted by Gasteiger charge is -2.22. The van der Waals surface area contributed by atoms with Gasteiger partial charge in [-0.25, -0.2) is 8.42 Å². The topological polar surface area (TPSA) is 68.3 Å². The van der Waals surface area contributed by atoms with Gasteiger partial charge in [0.05, 0.1) is 4.90 Å². The van der Waals surface area contributed by atoms with E-state index in [9.17, 15) is 47.1 Å². The highest BCUT2D eigenvalue weighted by Crippen LogP contribution is 2.45. The van der Waals surface area contributed by atoms with Gasteiger partial charge in [-0.15, -0.1) is 0 Å². The molecule has 0 aliphatic carbocycles. The Kier molecular flexibility index (Phi) is 4.88. The van der Waals surface area contributed by atoms with Crippen LogP contribution in [0.3, 0.4) is 0 Å². The Labute approximate surface area is 125 Å². The molecule has 130 valence electrons. The van der Waals surface area contributed by atoms with Crippen LogP contribution in [0.2, 0.25) is 0 Å². The fourth-order valence-electron chi connectivity index (χ4n) is 1.32. The first kappa shape index (κ1) is 19.4. The first-order chi connectivity index (χ1) is 10.1. The van der Waals surface area contributed by atoms with Crippen molar-refractivity contribution in [1.82, 2.24) is 0 Å². The molecule has 1 aromatic rings. The highest BCUT2D eigenvalue weighted by Gasteiger charge is 2.74. The second-order valence-corrected chi connectivity index (χ2v) is 7.36. The summed E-state index contributed by atoms with van der Waals surface area (Å²) in [5, 5.41) is -12.9. The highest BCUT2D eigenvalue weighted by atomic mass is 32.3. The number of sulfone groups is 1. The van der Waals surface area contributed by atoms with Crippen LogP contribution in [-0.2, 0) is 20.1 Å². The van der Waals surface area contributed by atoms with E-state index in [1.54, 1.807) is 0 Å². The predicted molar refractivity (Wildman–Crippen MR) is 63.7 cm³/mol. The first-order valence-corrected chi connectivity index (χ1v) is 8.08. The largest absolute Gasteiger partial charge is 0.451 e. The van der Waals surface area contributed by atoms with Crippen LogP contribution in [0.1, 0.15) is 5.56 Å². The molecule has 0 N–H and O–H groups in total. The Morgan fingerprint density at radius 1 is 0.870 bits per heavy atom. The molecule has 0 bridgehead atoms. The van der Waals surface area contributed by atoms with Crippen molar-refractivity contribution in [3.05, 3.63) is 35.9 Å². The zero-order chi connectivity index (χ0) is 18.3. The Bertz CT molecular complexity index is 822. The number of benzene rings is 1. The number of hydrogen-bond acceptors (Lipinski definition) is 4. The average molecular weight is 386 g/mol. The fourth-order valence-corrected chi connectivity index (χ4v) is 3.33. The molecule has 0 amide bonds. The number of hydrogen-bond donors (Lipinski definition) is 0. The average Bonchev–Trinajstić information content (AvgIpc) is 2.36. The van der Waals surface area contributed by atoms with Crippen LogP contribution in [0.5, 0.6) is 0 Å². The van der Waals surface area contributed by atoms with E-state index in [4.69, 9.17) is 0 Å². The maximum atomic E-state index is 13.4. The summed E-state index contributed by atoms with van der Waals surface area (Å²) in [5.74, 6) is 0. The molecule has 0 atom stereocenters. The third-order valence-corrected chi connectivity index (χ3v) is 5.27. The van der Waals surface area contributed by atoms with Crippen LogP contribution >= 0.6 is 0 Å². The standard InChI is InChI=1S/C10H5F7O4S2/c11-8(12)5-6-1-3-7(4-2-6)22(18,19)9(13,14)10(15,16)23(17,20)21/h1-5H. The van der Waals surface area contributed by atoms with E-state index < -0.39 is 41.5 Å². The number of rotatable bonds is 5. The third-order valence-electron chi connectivity index (χ3n) is 2.45. The zero-order valence-corrected chi connectivity index (χ0v) is 12.1. The van der Waals surface area contributed by atoms with E-state index in [-0.39, 0.29) is 23.8 Å². The van der Waals surface area contributed by atoms with Crippen molar-refractivity contribution in [2.24, 2.45) is 0 Å². The van der Waals surface area contributed by atoms with Gasteiger partial charge in [-0.3, -0.25) is 0 Å². The van der Waals surface area contributed by atoms with Crippen LogP contribution < -0.4 is 0 Å². The van der Waals surface area contributed by atoms with Gasteiger partial charge in [0, 0.05) is 6.08 Å². The summed E-state index contributed by atoms with van der Waals surface area (Å²) in [6.07, 6.45) is -1.99. The molecule has 0 fully saturated rings. The lowest BCUT2D eigenvalue weighted by atomic mass is 10.2. The molecule has 0 spiro atoms. The minimum absolute atomic E-state index is 0.217. The van der Waals surface area contributed by atoms with Crippen LogP contribution in [0.25, 0.3) is 6.08 Å². The van der Waals surface area contributed by atoms with Crippen molar-refractivity contribution in [3.63, 3.8) is 0 Å². The van der Waals surface area contributed by atoms with Gasteiger partial charge >= 0.3 is 20.7 Å². The Morgan fingerprint density at radius 3 is 1.65 bits per heavy atom. The monoisotopic (exact) mass is 386 g/mol. The van der Waals surface area contributed by atoms with E-state index in [1.165, 1.54) is 0 Å². The minimum atomic E-state index is -7.25. The number of alkyl halides is 4. The first-order valence-electron chi connectivity index (χ1n) is 5.22. The van der Waals surface area contributed by atoms with Gasteiger partial charge in [0.1, 0.15) is 0 Å². The highest BCUT2D eigenvalue weighted by molar-refractivity contribution is 7.94. The lowest BCUT2D eigenvalue weighted by molar-refractivity contribution is -0.0992. The smallest absolute Gasteiger partial charge is 0.217 e. The summed E-state index contributed by atoms with van der Waals surface area (Å²) in [6.45, 7) is 0. The maximum absolute atomic E-state index is 13.4. The summed E-state index contributed by atoms with van der Waals surface area (Å²) in [5.41, 5.74) is -0.350. The molecule has 23 heavy (non-hydrogen) atoms. The molecule has 1 rings (SSSR count). The zero-order valence-electron chi connectivity index (χ0n) is 10.5. The number of halogens is 7. The summed E-state index contributed by atoms with van der Waals surface area (Å²) in [4.78, 5) is -1.51. The van der Waals surface area contributed by atoms with Gasteiger partial charge in [-0.1, -0.05) is 16.0 Å². The van der Waals surface area contributed by atoms with Crippen molar-refractivity contribution in [3.8, 4) is 0 Å². The molecule has 0 unspecified atom stereocenters. The van der Waals surface area contributed by atoms with E-state index >= 15 is 0 Å². The molecule has 4 nitrogen and oxygen atoms in total. The van der Waals surface area contributed by atoms with E-state index in [1.807, 2.05) is 0 Å². The molecule has 0 heterocycles. The van der Waals surface area contributed by atoms with Crippen molar-refractivity contribution in [1.29, 1.82) is 0 Å². The Morgan fingerprint density at radius 2 is 1.30 bits per heavy atom. The second-order valence-electron chi connectivity index (χ2n) is 3.98. The van der Waals surface area contributed by atoms with Gasteiger partial charge in [0.2, 0.25) is 0 Å². The molecule has 0 aliphatic heterocycles. The van der Waals surface area contributed by atoms with E-state index in [0.717, 1.165) is 0 Å². The van der Waals surface area contributed by atoms with Crippen LogP contribution in [-0.4, -0.2) is 27.3 Å². The predicted octanol–water partition coefficient (Wildman–Crippen LogP) is 3.18. The minimum Gasteiger partial charge on any atom is -0.217 e. The van der Waals surface area contributed by atoms with Gasteiger partial charge < -0.3 is 0 Å². The van der Waals surface area contributed by atoms with Gasteiger partial charge in [-0.05, 0) is 17.7 Å². The van der Waals surface area contributed by atoms with Crippen LogP contribution in [0, 0.1) is 0 Å². The summed E-state index contributed by atoms with van der Waals surface area (Å²) < 4.78 is 132. The van der Waals surface area contributed by atoms with E-state index in [2.05, 4.69) is 0 Å². The van der Waals surface area contributed by atoms with Gasteiger partial charge in [-0.2, -0.15) is 34.8 Å². The third kappa shape index (κ3) is 3.34. The van der Waals surface area contributed by atoms with Crippen molar-refractivity contribution < 1.29 is 47.1 Å². The molecule has 0 aromatic heterocycles. The SMILES string of the molecule is O=S(=O)(F)C(F)(F)C(F)(F)S(=O)(=O)c1ccc(C=C(F)F)cc1. The molecule has 0 saturated heterocycles. The van der Waals surface area contributed by atoms with E-state index in [0.29, 0.717) is 12.1 Å². The van der Waals surface area contributed by atoms with Crippen LogP contribution in [0.15, 0.2) is 35.2 Å². The second kappa shape index (κ2) is 5.78. The normalized spacial score (nSPS) is 13.7. The summed E-state index contributed by atoms with van der Waals surface area (Å²) >= 11 is 0. The molecular formula is C10H5F7O4S2. The quantitative estimate of drug-likeness (QED) is 0.576. The molecule has 0 radical (unpaired) electrons. The molecular weight excluding hydrogens is 381 g/mol. The maximum Gasteiger partial charge on any atom is 0.451 e. The fraction of sp³-hybridized carbons (Fsp3) is 0.200. The van der Waals surface area contributed by atoms with Crippen molar-refractivity contribution >= 4 is 26.1 Å². The molecule has 0 aliphatic rings. The van der Waals surface area contributed by atoms with Crippen molar-refractivity contribution in [2.75, 3.05) is 0 Å². The molecule has 13 heteroatoms. The lowest BCUT2D eigenvalue weighted by Crippen LogP contribution is -2.50. The molecule has 0 saturated carbocycles. The van der Waals surface area contributed by atoms with Crippen molar-refractivity contribution in [2.45, 2.75) is 15.4 Å². The van der Waals surface area contributed by atoms with Gasteiger partial charge in [0.25, 0.3) is 15.9 Å². The molecule has 1 aromatic carbocycles. The van der Waals surface area contributed by atoms with Gasteiger partial charge in [0.15, 0.2) is 0 Å². The summed E-state index contributed by atoms with van der Waals surface area (Å²) in [6, 6.07) is 1.67.